The lowest BCUT2D eigenvalue weighted by molar-refractivity contribution is -0.438. The van der Waals surface area contributed by atoms with Gasteiger partial charge in [-0.15, -0.1) is 0 Å². The third kappa shape index (κ3) is 6.03. The Kier molecular flexibility index (Phi) is 9.91. The molecule has 0 bridgehead atoms. The Morgan fingerprint density at radius 1 is 0.826 bits per heavy atom. The van der Waals surface area contributed by atoms with Crippen LogP contribution in [0.2, 0.25) is 0 Å². The van der Waals surface area contributed by atoms with Gasteiger partial charge in [0.1, 0.15) is 12.8 Å². The largest absolute Gasteiger partial charge is 0.344 e. The van der Waals surface area contributed by atoms with Crippen molar-refractivity contribution in [2.24, 2.45) is 0 Å². The number of unbranched alkanes of at least 4 members (excludes halogenated alkanes) is 3. The Labute approximate surface area is 275 Å². The molecule has 5 rings (SSSR count). The fourth-order valence-corrected chi connectivity index (χ4v) is 7.51. The third-order valence-electron chi connectivity index (χ3n) is 9.67. The van der Waals surface area contributed by atoms with Gasteiger partial charge in [0.2, 0.25) is 5.69 Å². The van der Waals surface area contributed by atoms with Crippen molar-refractivity contribution >= 4 is 46.8 Å². The van der Waals surface area contributed by atoms with Crippen LogP contribution in [-0.2, 0) is 15.6 Å². The molecule has 0 aliphatic carbocycles. The summed E-state index contributed by atoms with van der Waals surface area (Å²) in [4.78, 5) is 13.3. The van der Waals surface area contributed by atoms with E-state index in [0.29, 0.717) is 6.42 Å². The van der Waals surface area contributed by atoms with Gasteiger partial charge in [0.05, 0.1) is 5.41 Å². The molecule has 0 aromatic heterocycles. The van der Waals surface area contributed by atoms with Gasteiger partial charge in [-0.2, -0.15) is 4.58 Å². The molecule has 0 saturated heterocycles. The van der Waals surface area contributed by atoms with E-state index in [-0.39, 0.29) is 10.8 Å². The van der Waals surface area contributed by atoms with Crippen LogP contribution in [0.5, 0.6) is 0 Å². The number of aldehydes is 1. The van der Waals surface area contributed by atoms with E-state index >= 15 is 0 Å². The Morgan fingerprint density at radius 3 is 2.35 bits per heavy atom. The van der Waals surface area contributed by atoms with Crippen molar-refractivity contribution < 1.29 is 9.37 Å². The Morgan fingerprint density at radius 2 is 1.59 bits per heavy atom. The van der Waals surface area contributed by atoms with Crippen molar-refractivity contribution in [1.82, 2.24) is 0 Å². The SMILES string of the molecule is C=C/C=c1/c2c(ccc1=C)[N+](CCCCCC=O)=C(/C=C/C=C/C=C/C=C1\N(CC)c3ccc4ccccc4c3C1(C)C)C2(C)C. The van der Waals surface area contributed by atoms with Gasteiger partial charge >= 0.3 is 0 Å². The van der Waals surface area contributed by atoms with E-state index in [4.69, 9.17) is 0 Å². The molecule has 0 amide bonds. The number of rotatable bonds is 12. The summed E-state index contributed by atoms with van der Waals surface area (Å²) in [5.41, 5.74) is 7.58. The number of likely N-dealkylation sites (N-methyl/N-ethyl adjacent to an activating group) is 1. The van der Waals surface area contributed by atoms with Crippen LogP contribution in [0, 0.1) is 0 Å². The first kappa shape index (κ1) is 32.9. The van der Waals surface area contributed by atoms with Gasteiger partial charge in [-0.3, -0.25) is 0 Å². The summed E-state index contributed by atoms with van der Waals surface area (Å²) in [6.45, 7) is 21.7. The molecule has 3 heteroatoms. The summed E-state index contributed by atoms with van der Waals surface area (Å²) in [5, 5.41) is 4.81. The lowest BCUT2D eigenvalue weighted by Crippen LogP contribution is -2.36. The van der Waals surface area contributed by atoms with E-state index in [1.165, 1.54) is 44.7 Å². The minimum atomic E-state index is -0.192. The average molecular weight is 610 g/mol. The smallest absolute Gasteiger partial charge is 0.210 e. The van der Waals surface area contributed by atoms with Crippen molar-refractivity contribution in [3.05, 3.63) is 131 Å². The minimum Gasteiger partial charge on any atom is -0.344 e. The number of nitrogens with zero attached hydrogens (tertiary/aromatic N) is 2. The van der Waals surface area contributed by atoms with E-state index in [9.17, 15) is 4.79 Å². The van der Waals surface area contributed by atoms with Crippen molar-refractivity contribution in [2.75, 3.05) is 18.0 Å². The Hall–Kier alpha value is -4.50. The van der Waals surface area contributed by atoms with Gasteiger partial charge in [-0.25, -0.2) is 0 Å². The highest BCUT2D eigenvalue weighted by Crippen LogP contribution is 2.50. The summed E-state index contributed by atoms with van der Waals surface area (Å²) in [5.74, 6) is 0. The fraction of sp³-hybridized carbons (Fsp3) is 0.302. The zero-order valence-corrected chi connectivity index (χ0v) is 28.4. The molecule has 236 valence electrons. The van der Waals surface area contributed by atoms with Crippen LogP contribution in [0.15, 0.2) is 109 Å². The van der Waals surface area contributed by atoms with Crippen molar-refractivity contribution in [1.29, 1.82) is 0 Å². The average Bonchev–Trinajstić information content (AvgIpc) is 3.40. The van der Waals surface area contributed by atoms with Crippen LogP contribution in [0.3, 0.4) is 0 Å². The van der Waals surface area contributed by atoms with Gasteiger partial charge in [0, 0.05) is 53.9 Å². The van der Waals surface area contributed by atoms with Gasteiger partial charge < -0.3 is 9.69 Å². The molecule has 0 spiro atoms. The van der Waals surface area contributed by atoms with Crippen LogP contribution in [-0.4, -0.2) is 29.7 Å². The van der Waals surface area contributed by atoms with Crippen molar-refractivity contribution in [3.63, 3.8) is 0 Å². The topological polar surface area (TPSA) is 23.3 Å². The van der Waals surface area contributed by atoms with Crippen LogP contribution in [0.1, 0.15) is 71.4 Å². The lowest BCUT2D eigenvalue weighted by Gasteiger charge is -2.26. The summed E-state index contributed by atoms with van der Waals surface area (Å²) in [6.07, 6.45) is 23.8. The number of carbonyl (C=O) groups is 1. The maximum Gasteiger partial charge on any atom is 0.210 e. The zero-order chi connectivity index (χ0) is 32.9. The maximum atomic E-state index is 10.8. The molecule has 0 saturated carbocycles. The second-order valence-electron chi connectivity index (χ2n) is 13.3. The van der Waals surface area contributed by atoms with E-state index in [1.807, 2.05) is 6.08 Å². The number of allylic oxidation sites excluding steroid dienone is 9. The molecule has 0 N–H and O–H groups in total. The normalized spacial score (nSPS) is 18.2. The number of hydrogen-bond donors (Lipinski definition) is 0. The minimum absolute atomic E-state index is 0.0910. The number of hydrogen-bond acceptors (Lipinski definition) is 2. The van der Waals surface area contributed by atoms with E-state index < -0.39 is 0 Å². The summed E-state index contributed by atoms with van der Waals surface area (Å²) >= 11 is 0. The standard InChI is InChI=1S/C43H49N2O/c1-8-21-34-32(3)26-28-37-40(34)43(6,7)39(45(37)30-19-13-14-20-31-46)25-16-12-10-11-15-24-38-42(4,5)41-35-23-18-17-22-33(35)27-29-36(41)44(38)9-2/h8,10-12,15-18,21-29,31H,1,3,9,13-14,19-20,30H2,2,4-7H3/q+1/b34-21+. The molecular formula is C43H49N2O+. The summed E-state index contributed by atoms with van der Waals surface area (Å²) < 4.78 is 2.46. The second kappa shape index (κ2) is 13.9. The third-order valence-corrected chi connectivity index (χ3v) is 9.67. The monoisotopic (exact) mass is 609 g/mol. The van der Waals surface area contributed by atoms with Gasteiger partial charge in [0.15, 0.2) is 5.71 Å². The lowest BCUT2D eigenvalue weighted by atomic mass is 9.80. The van der Waals surface area contributed by atoms with E-state index in [0.717, 1.165) is 49.1 Å². The van der Waals surface area contributed by atoms with Gasteiger partial charge in [0.25, 0.3) is 0 Å². The maximum absolute atomic E-state index is 10.8. The second-order valence-corrected chi connectivity index (χ2v) is 13.3. The number of carbonyl (C=O) groups excluding carboxylic acids is 1. The summed E-state index contributed by atoms with van der Waals surface area (Å²) in [7, 11) is 0. The Bertz CT molecular complexity index is 1910. The van der Waals surface area contributed by atoms with E-state index in [2.05, 4.69) is 154 Å². The van der Waals surface area contributed by atoms with Crippen LogP contribution >= 0.6 is 0 Å². The molecule has 0 unspecified atom stereocenters. The first-order valence-corrected chi connectivity index (χ1v) is 16.7. The molecule has 3 nitrogen and oxygen atoms in total. The number of fused-ring (bicyclic) bond motifs is 4. The highest BCUT2D eigenvalue weighted by atomic mass is 16.1. The molecule has 0 fully saturated rings. The number of anilines is 1. The highest BCUT2D eigenvalue weighted by Gasteiger charge is 2.45. The number of benzene rings is 3. The van der Waals surface area contributed by atoms with Crippen molar-refractivity contribution in [2.45, 2.75) is 71.1 Å². The van der Waals surface area contributed by atoms with Gasteiger partial charge in [-0.1, -0.05) is 99.9 Å². The first-order chi connectivity index (χ1) is 22.2. The van der Waals surface area contributed by atoms with Crippen LogP contribution in [0.4, 0.5) is 11.4 Å². The molecule has 0 radical (unpaired) electrons. The molecule has 0 atom stereocenters. The highest BCUT2D eigenvalue weighted by molar-refractivity contribution is 6.03. The van der Waals surface area contributed by atoms with Gasteiger partial charge in [-0.05, 0) is 78.6 Å². The molecule has 2 aliphatic rings. The summed E-state index contributed by atoms with van der Waals surface area (Å²) in [6, 6.07) is 17.6. The van der Waals surface area contributed by atoms with Crippen molar-refractivity contribution in [3.8, 4) is 0 Å². The molecular weight excluding hydrogens is 560 g/mol. The van der Waals surface area contributed by atoms with E-state index in [1.54, 1.807) is 0 Å². The van der Waals surface area contributed by atoms with Crippen LogP contribution in [0.25, 0.3) is 23.4 Å². The molecule has 3 aromatic rings. The quantitative estimate of drug-likeness (QED) is 0.0887. The molecule has 3 aromatic carbocycles. The molecule has 2 heterocycles. The zero-order valence-electron chi connectivity index (χ0n) is 28.4. The first-order valence-electron chi connectivity index (χ1n) is 16.7. The Balaban J connectivity index is 1.40. The fourth-order valence-electron chi connectivity index (χ4n) is 7.51. The van der Waals surface area contributed by atoms with Crippen LogP contribution < -0.4 is 15.3 Å². The molecule has 2 aliphatic heterocycles. The molecule has 46 heavy (non-hydrogen) atoms. The predicted octanol–water partition coefficient (Wildman–Crippen LogP) is 8.72. The predicted molar refractivity (Wildman–Crippen MR) is 199 cm³/mol.